The summed E-state index contributed by atoms with van der Waals surface area (Å²) in [5, 5.41) is 9.32. The molecule has 0 atom stereocenters. The highest BCUT2D eigenvalue weighted by atomic mass is 32.1. The molecule has 0 spiro atoms. The van der Waals surface area contributed by atoms with Gasteiger partial charge in [-0.15, -0.1) is 11.3 Å². The van der Waals surface area contributed by atoms with Crippen molar-refractivity contribution >= 4 is 34.6 Å². The van der Waals surface area contributed by atoms with Crippen molar-refractivity contribution in [2.45, 2.75) is 19.8 Å². The van der Waals surface area contributed by atoms with Crippen molar-refractivity contribution < 1.29 is 14.3 Å². The van der Waals surface area contributed by atoms with Crippen molar-refractivity contribution in [2.24, 2.45) is 0 Å². The lowest BCUT2D eigenvalue weighted by atomic mass is 10.3. The fourth-order valence-corrected chi connectivity index (χ4v) is 3.17. The zero-order valence-electron chi connectivity index (χ0n) is 11.6. The van der Waals surface area contributed by atoms with E-state index in [1.54, 1.807) is 23.6 Å². The van der Waals surface area contributed by atoms with Gasteiger partial charge in [0.1, 0.15) is 10.7 Å². The summed E-state index contributed by atoms with van der Waals surface area (Å²) in [5.41, 5.74) is 1.45. The maximum Gasteiger partial charge on any atom is 0.305 e. The summed E-state index contributed by atoms with van der Waals surface area (Å²) in [4.78, 5) is 27.4. The third-order valence-electron chi connectivity index (χ3n) is 2.65. The zero-order chi connectivity index (χ0) is 15.1. The smallest absolute Gasteiger partial charge is 0.305 e. The first-order valence-electron chi connectivity index (χ1n) is 6.62. The number of carbonyl (C=O) groups excluding carboxylic acids is 2. The van der Waals surface area contributed by atoms with Crippen LogP contribution < -0.4 is 5.32 Å². The number of ether oxygens (including phenoxy) is 1. The molecule has 2 aromatic rings. The molecule has 2 rings (SSSR count). The van der Waals surface area contributed by atoms with Crippen LogP contribution in [0.4, 0.5) is 0 Å². The fourth-order valence-electron chi connectivity index (χ4n) is 1.66. The summed E-state index contributed by atoms with van der Waals surface area (Å²) < 4.78 is 4.82. The molecule has 0 aliphatic carbocycles. The minimum atomic E-state index is -0.236. The van der Waals surface area contributed by atoms with Crippen LogP contribution in [0.5, 0.6) is 0 Å². The number of carbonyl (C=O) groups is 2. The molecular formula is C14H16N2O3S2. The zero-order valence-corrected chi connectivity index (χ0v) is 13.3. The second-order valence-corrected chi connectivity index (χ2v) is 5.85. The Kier molecular flexibility index (Phi) is 5.89. The number of hydrogen-bond acceptors (Lipinski definition) is 6. The molecule has 0 radical (unpaired) electrons. The molecule has 0 aromatic carbocycles. The van der Waals surface area contributed by atoms with Gasteiger partial charge < -0.3 is 10.1 Å². The Hall–Kier alpha value is -1.73. The van der Waals surface area contributed by atoms with Gasteiger partial charge in [-0.3, -0.25) is 9.59 Å². The van der Waals surface area contributed by atoms with Crippen molar-refractivity contribution in [3.63, 3.8) is 0 Å². The summed E-state index contributed by atoms with van der Waals surface area (Å²) in [6.45, 7) is 2.59. The molecule has 21 heavy (non-hydrogen) atoms. The number of aromatic nitrogens is 1. The third-order valence-corrected chi connectivity index (χ3v) is 4.23. The van der Waals surface area contributed by atoms with Gasteiger partial charge in [0.25, 0.3) is 5.91 Å². The van der Waals surface area contributed by atoms with Gasteiger partial charge in [-0.1, -0.05) is 0 Å². The molecule has 0 unspecified atom stereocenters. The molecule has 112 valence electrons. The Morgan fingerprint density at radius 3 is 2.95 bits per heavy atom. The minimum Gasteiger partial charge on any atom is -0.466 e. The number of nitrogens with one attached hydrogen (secondary N) is 1. The summed E-state index contributed by atoms with van der Waals surface area (Å²) >= 11 is 3.04. The molecular weight excluding hydrogens is 308 g/mol. The lowest BCUT2D eigenvalue weighted by Gasteiger charge is -2.03. The van der Waals surface area contributed by atoms with Gasteiger partial charge in [-0.25, -0.2) is 4.98 Å². The second-order valence-electron chi connectivity index (χ2n) is 4.21. The Bertz CT molecular complexity index is 593. The van der Waals surface area contributed by atoms with Gasteiger partial charge in [0.2, 0.25) is 0 Å². The van der Waals surface area contributed by atoms with Gasteiger partial charge in [0, 0.05) is 29.3 Å². The van der Waals surface area contributed by atoms with Gasteiger partial charge in [0.15, 0.2) is 0 Å². The molecule has 1 amide bonds. The average Bonchev–Trinajstić information content (AvgIpc) is 3.13. The fraction of sp³-hybridized carbons (Fsp3) is 0.357. The van der Waals surface area contributed by atoms with E-state index in [1.807, 2.05) is 16.8 Å². The van der Waals surface area contributed by atoms with E-state index in [-0.39, 0.29) is 11.9 Å². The van der Waals surface area contributed by atoms with Crippen LogP contribution in [0.3, 0.4) is 0 Å². The van der Waals surface area contributed by atoms with Crippen LogP contribution in [0, 0.1) is 0 Å². The Morgan fingerprint density at radius 1 is 1.38 bits per heavy atom. The van der Waals surface area contributed by atoms with Crippen molar-refractivity contribution in [2.75, 3.05) is 13.2 Å². The van der Waals surface area contributed by atoms with Crippen molar-refractivity contribution in [1.82, 2.24) is 10.3 Å². The summed E-state index contributed by atoms with van der Waals surface area (Å²) in [7, 11) is 0. The van der Waals surface area contributed by atoms with Crippen LogP contribution in [0.15, 0.2) is 22.2 Å². The minimum absolute atomic E-state index is 0.211. The van der Waals surface area contributed by atoms with E-state index < -0.39 is 0 Å². The lowest BCUT2D eigenvalue weighted by molar-refractivity contribution is -0.143. The van der Waals surface area contributed by atoms with E-state index in [0.717, 1.165) is 10.6 Å². The van der Waals surface area contributed by atoms with Crippen molar-refractivity contribution in [3.05, 3.63) is 27.9 Å². The van der Waals surface area contributed by atoms with E-state index in [1.165, 1.54) is 11.3 Å². The molecule has 5 nitrogen and oxygen atoms in total. The molecule has 0 bridgehead atoms. The topological polar surface area (TPSA) is 68.3 Å². The highest BCUT2D eigenvalue weighted by Crippen LogP contribution is 2.25. The van der Waals surface area contributed by atoms with E-state index in [0.29, 0.717) is 31.7 Å². The molecule has 2 aromatic heterocycles. The highest BCUT2D eigenvalue weighted by molar-refractivity contribution is 7.14. The first kappa shape index (κ1) is 15.7. The van der Waals surface area contributed by atoms with Crippen molar-refractivity contribution in [1.29, 1.82) is 0 Å². The first-order chi connectivity index (χ1) is 10.2. The van der Waals surface area contributed by atoms with Crippen LogP contribution in [0.25, 0.3) is 10.6 Å². The van der Waals surface area contributed by atoms with Gasteiger partial charge >= 0.3 is 5.97 Å². The monoisotopic (exact) mass is 324 g/mol. The van der Waals surface area contributed by atoms with E-state index >= 15 is 0 Å². The maximum atomic E-state index is 11.9. The quantitative estimate of drug-likeness (QED) is 0.628. The third kappa shape index (κ3) is 4.64. The predicted octanol–water partition coefficient (Wildman–Crippen LogP) is 2.94. The van der Waals surface area contributed by atoms with Crippen molar-refractivity contribution in [3.8, 4) is 10.6 Å². The number of esters is 1. The first-order valence-corrected chi connectivity index (χ1v) is 8.45. The van der Waals surface area contributed by atoms with Crippen LogP contribution in [0.2, 0.25) is 0 Å². The lowest BCUT2D eigenvalue weighted by Crippen LogP contribution is -2.25. The van der Waals surface area contributed by atoms with Crippen LogP contribution >= 0.6 is 22.7 Å². The predicted molar refractivity (Wildman–Crippen MR) is 83.6 cm³/mol. The summed E-state index contributed by atoms with van der Waals surface area (Å²) in [6, 6.07) is 1.98. The van der Waals surface area contributed by atoms with Gasteiger partial charge in [-0.05, 0) is 24.8 Å². The molecule has 0 fully saturated rings. The molecule has 0 aliphatic heterocycles. The number of amides is 1. The normalized spacial score (nSPS) is 10.3. The van der Waals surface area contributed by atoms with Gasteiger partial charge in [-0.2, -0.15) is 11.3 Å². The number of hydrogen-bond donors (Lipinski definition) is 1. The number of nitrogens with zero attached hydrogens (tertiary/aromatic N) is 1. The maximum absolute atomic E-state index is 11.9. The van der Waals surface area contributed by atoms with Crippen LogP contribution in [-0.2, 0) is 9.53 Å². The second kappa shape index (κ2) is 7.90. The molecule has 0 saturated carbocycles. The molecule has 0 saturated heterocycles. The molecule has 0 aliphatic rings. The highest BCUT2D eigenvalue weighted by Gasteiger charge is 2.11. The standard InChI is InChI=1S/C14H16N2O3S2/c1-2-19-12(17)4-3-6-15-13(18)11-9-21-14(16-11)10-5-7-20-8-10/h5,7-9H,2-4,6H2,1H3,(H,15,18). The number of thiazole rings is 1. The number of rotatable bonds is 7. The van der Waals surface area contributed by atoms with Gasteiger partial charge in [0.05, 0.1) is 6.61 Å². The van der Waals surface area contributed by atoms with Crippen LogP contribution in [-0.4, -0.2) is 30.0 Å². The Morgan fingerprint density at radius 2 is 2.24 bits per heavy atom. The number of thiophene rings is 1. The van der Waals surface area contributed by atoms with Crippen LogP contribution in [0.1, 0.15) is 30.3 Å². The Labute approximate surface area is 131 Å². The molecule has 1 N–H and O–H groups in total. The molecule has 2 heterocycles. The largest absolute Gasteiger partial charge is 0.466 e. The average molecular weight is 324 g/mol. The summed E-state index contributed by atoms with van der Waals surface area (Å²) in [6.07, 6.45) is 0.872. The van der Waals surface area contributed by atoms with E-state index in [2.05, 4.69) is 10.3 Å². The van der Waals surface area contributed by atoms with E-state index in [9.17, 15) is 9.59 Å². The van der Waals surface area contributed by atoms with E-state index in [4.69, 9.17) is 4.74 Å². The Balaban J connectivity index is 1.78. The SMILES string of the molecule is CCOC(=O)CCCNC(=O)c1csc(-c2ccsc2)n1. The summed E-state index contributed by atoms with van der Waals surface area (Å²) in [5.74, 6) is -0.447. The molecule has 7 heteroatoms.